The van der Waals surface area contributed by atoms with Crippen molar-refractivity contribution in [2.75, 3.05) is 32.8 Å². The Balaban J connectivity index is 1.45. The highest BCUT2D eigenvalue weighted by molar-refractivity contribution is 7.89. The molecule has 1 aromatic heterocycles. The fraction of sp³-hybridized carbons (Fsp3) is 0.286. The number of hydrogen-bond donors (Lipinski definition) is 1. The van der Waals surface area contributed by atoms with Crippen LogP contribution in [0.3, 0.4) is 0 Å². The van der Waals surface area contributed by atoms with Crippen LogP contribution >= 0.6 is 0 Å². The van der Waals surface area contributed by atoms with Gasteiger partial charge in [0.05, 0.1) is 17.1 Å². The Morgan fingerprint density at radius 1 is 1.03 bits per heavy atom. The predicted octanol–water partition coefficient (Wildman–Crippen LogP) is 2.71. The summed E-state index contributed by atoms with van der Waals surface area (Å²) in [6.07, 6.45) is 1.72. The van der Waals surface area contributed by atoms with E-state index < -0.39 is 10.0 Å². The lowest BCUT2D eigenvalue weighted by atomic mass is 10.1. The van der Waals surface area contributed by atoms with Crippen molar-refractivity contribution in [1.82, 2.24) is 14.2 Å². The lowest BCUT2D eigenvalue weighted by molar-refractivity contribution is 0.0700. The highest BCUT2D eigenvalue weighted by Crippen LogP contribution is 2.23. The molecule has 1 fully saturated rings. The molecule has 0 unspecified atom stereocenters. The summed E-state index contributed by atoms with van der Waals surface area (Å²) >= 11 is 0. The van der Waals surface area contributed by atoms with Crippen molar-refractivity contribution >= 4 is 26.8 Å². The number of piperazine rings is 1. The van der Waals surface area contributed by atoms with Gasteiger partial charge in [0.2, 0.25) is 10.0 Å². The lowest BCUT2D eigenvalue weighted by Gasteiger charge is -2.34. The maximum atomic E-state index is 12.9. The number of rotatable bonds is 5. The van der Waals surface area contributed by atoms with Gasteiger partial charge in [-0.05, 0) is 37.3 Å². The molecule has 1 aliphatic heterocycles. The van der Waals surface area contributed by atoms with Crippen LogP contribution in [0.1, 0.15) is 17.3 Å². The number of nitrogens with zero attached hydrogens (tertiary/aromatic N) is 2. The molecule has 3 aromatic rings. The molecular weight excluding hydrogens is 390 g/mol. The van der Waals surface area contributed by atoms with Crippen molar-refractivity contribution in [3.8, 4) is 5.75 Å². The van der Waals surface area contributed by atoms with Gasteiger partial charge in [0.15, 0.2) is 0 Å². The van der Waals surface area contributed by atoms with Crippen molar-refractivity contribution in [2.24, 2.45) is 0 Å². The molecular formula is C21H23N3O4S. The number of fused-ring (bicyclic) bond motifs is 1. The average molecular weight is 413 g/mol. The monoisotopic (exact) mass is 413 g/mol. The third-order valence-electron chi connectivity index (χ3n) is 5.12. The van der Waals surface area contributed by atoms with Gasteiger partial charge >= 0.3 is 0 Å². The minimum Gasteiger partial charge on any atom is -0.494 e. The smallest absolute Gasteiger partial charge is 0.256 e. The van der Waals surface area contributed by atoms with E-state index in [0.717, 1.165) is 10.9 Å². The molecule has 0 radical (unpaired) electrons. The topological polar surface area (TPSA) is 82.7 Å². The van der Waals surface area contributed by atoms with E-state index in [1.807, 2.05) is 31.2 Å². The molecule has 29 heavy (non-hydrogen) atoms. The number of H-pyrrole nitrogens is 1. The van der Waals surface area contributed by atoms with Crippen molar-refractivity contribution in [3.05, 3.63) is 60.3 Å². The van der Waals surface area contributed by atoms with Gasteiger partial charge in [-0.25, -0.2) is 8.42 Å². The summed E-state index contributed by atoms with van der Waals surface area (Å²) in [4.78, 5) is 18.0. The first kappa shape index (κ1) is 19.5. The number of nitrogens with one attached hydrogen (secondary N) is 1. The van der Waals surface area contributed by atoms with Gasteiger partial charge < -0.3 is 14.6 Å². The van der Waals surface area contributed by atoms with Crippen LogP contribution in [-0.2, 0) is 10.0 Å². The van der Waals surface area contributed by atoms with Crippen molar-refractivity contribution < 1.29 is 17.9 Å². The number of carbonyl (C=O) groups is 1. The van der Waals surface area contributed by atoms with Gasteiger partial charge in [-0.2, -0.15) is 4.31 Å². The third-order valence-corrected chi connectivity index (χ3v) is 7.03. The van der Waals surface area contributed by atoms with E-state index in [1.54, 1.807) is 35.4 Å². The predicted molar refractivity (Wildman–Crippen MR) is 111 cm³/mol. The van der Waals surface area contributed by atoms with Crippen molar-refractivity contribution in [3.63, 3.8) is 0 Å². The van der Waals surface area contributed by atoms with Crippen LogP contribution in [0.4, 0.5) is 0 Å². The first-order valence-electron chi connectivity index (χ1n) is 9.59. The normalized spacial score (nSPS) is 15.6. The molecule has 7 nitrogen and oxygen atoms in total. The molecule has 152 valence electrons. The number of carbonyl (C=O) groups excluding carboxylic acids is 1. The maximum Gasteiger partial charge on any atom is 0.256 e. The summed E-state index contributed by atoms with van der Waals surface area (Å²) in [5, 5.41) is 0.877. The van der Waals surface area contributed by atoms with Crippen LogP contribution in [0, 0.1) is 0 Å². The first-order valence-corrected chi connectivity index (χ1v) is 11.0. The minimum absolute atomic E-state index is 0.0828. The second kappa shape index (κ2) is 7.88. The standard InChI is InChI=1S/C21H23N3O4S/c1-2-28-16-7-9-17(10-8-16)29(26,27)24-13-11-23(12-14-24)21(25)19-15-22-20-6-4-3-5-18(19)20/h3-10,15,22H,2,11-14H2,1H3. The van der Waals surface area contributed by atoms with E-state index in [2.05, 4.69) is 4.98 Å². The number of benzene rings is 2. The summed E-state index contributed by atoms with van der Waals surface area (Å²) in [5.74, 6) is 0.557. The molecule has 1 N–H and O–H groups in total. The fourth-order valence-corrected chi connectivity index (χ4v) is 5.00. The number of hydrogen-bond acceptors (Lipinski definition) is 4. The molecule has 0 bridgehead atoms. The van der Waals surface area contributed by atoms with E-state index in [1.165, 1.54) is 4.31 Å². The Morgan fingerprint density at radius 3 is 2.41 bits per heavy atom. The van der Waals surface area contributed by atoms with Crippen molar-refractivity contribution in [1.29, 1.82) is 0 Å². The largest absolute Gasteiger partial charge is 0.494 e. The van der Waals surface area contributed by atoms with E-state index in [9.17, 15) is 13.2 Å². The maximum absolute atomic E-state index is 12.9. The van der Waals surface area contributed by atoms with Crippen LogP contribution in [0.15, 0.2) is 59.6 Å². The Morgan fingerprint density at radius 2 is 1.72 bits per heavy atom. The molecule has 2 aromatic carbocycles. The summed E-state index contributed by atoms with van der Waals surface area (Å²) in [6.45, 7) is 3.65. The lowest BCUT2D eigenvalue weighted by Crippen LogP contribution is -2.50. The van der Waals surface area contributed by atoms with E-state index in [-0.39, 0.29) is 23.9 Å². The van der Waals surface area contributed by atoms with Crippen LogP contribution < -0.4 is 4.74 Å². The molecule has 2 heterocycles. The summed E-state index contributed by atoms with van der Waals surface area (Å²) < 4.78 is 32.6. The van der Waals surface area contributed by atoms with Gasteiger partial charge in [-0.1, -0.05) is 18.2 Å². The van der Waals surface area contributed by atoms with Crippen LogP contribution in [0.5, 0.6) is 5.75 Å². The number of amides is 1. The number of sulfonamides is 1. The quantitative estimate of drug-likeness (QED) is 0.697. The van der Waals surface area contributed by atoms with Crippen LogP contribution in [0.2, 0.25) is 0 Å². The van der Waals surface area contributed by atoms with Gasteiger partial charge in [0.1, 0.15) is 5.75 Å². The van der Waals surface area contributed by atoms with Crippen LogP contribution in [-0.4, -0.2) is 61.3 Å². The zero-order chi connectivity index (χ0) is 20.4. The highest BCUT2D eigenvalue weighted by Gasteiger charge is 2.31. The van der Waals surface area contributed by atoms with E-state index in [0.29, 0.717) is 31.0 Å². The number of aromatic nitrogens is 1. The Kier molecular flexibility index (Phi) is 5.29. The second-order valence-corrected chi connectivity index (χ2v) is 8.79. The van der Waals surface area contributed by atoms with E-state index in [4.69, 9.17) is 4.74 Å². The highest BCUT2D eigenvalue weighted by atomic mass is 32.2. The zero-order valence-electron chi connectivity index (χ0n) is 16.2. The second-order valence-electron chi connectivity index (χ2n) is 6.85. The Hall–Kier alpha value is -2.84. The summed E-state index contributed by atoms with van der Waals surface area (Å²) in [5.41, 5.74) is 1.52. The summed E-state index contributed by atoms with van der Waals surface area (Å²) in [6, 6.07) is 14.1. The molecule has 1 aliphatic rings. The molecule has 4 rings (SSSR count). The van der Waals surface area contributed by atoms with Crippen LogP contribution in [0.25, 0.3) is 10.9 Å². The SMILES string of the molecule is CCOc1ccc(S(=O)(=O)N2CCN(C(=O)c3c[nH]c4ccccc34)CC2)cc1. The van der Waals surface area contributed by atoms with Gasteiger partial charge in [-0.15, -0.1) is 0 Å². The molecule has 0 saturated carbocycles. The van der Waals surface area contributed by atoms with Gasteiger partial charge in [-0.3, -0.25) is 4.79 Å². The average Bonchev–Trinajstić information content (AvgIpc) is 3.18. The van der Waals surface area contributed by atoms with E-state index >= 15 is 0 Å². The zero-order valence-corrected chi connectivity index (χ0v) is 17.0. The Bertz CT molecular complexity index is 1110. The number of para-hydroxylation sites is 1. The summed E-state index contributed by atoms with van der Waals surface area (Å²) in [7, 11) is -3.60. The van der Waals surface area contributed by atoms with Crippen molar-refractivity contribution in [2.45, 2.75) is 11.8 Å². The molecule has 1 amide bonds. The molecule has 0 spiro atoms. The molecule has 0 aliphatic carbocycles. The van der Waals surface area contributed by atoms with Gasteiger partial charge in [0.25, 0.3) is 5.91 Å². The Labute approximate surface area is 169 Å². The number of ether oxygens (including phenoxy) is 1. The fourth-order valence-electron chi connectivity index (χ4n) is 3.57. The third kappa shape index (κ3) is 3.73. The minimum atomic E-state index is -3.60. The molecule has 1 saturated heterocycles. The molecule has 0 atom stereocenters. The number of aromatic amines is 1. The molecule has 8 heteroatoms. The van der Waals surface area contributed by atoms with Gasteiger partial charge in [0, 0.05) is 43.3 Å². The first-order chi connectivity index (χ1) is 14.0.